The van der Waals surface area contributed by atoms with Crippen LogP contribution in [0.4, 0.5) is 0 Å². The lowest BCUT2D eigenvalue weighted by molar-refractivity contribution is 0.196. The Labute approximate surface area is 119 Å². The Morgan fingerprint density at radius 3 is 2.42 bits per heavy atom. The molecule has 4 nitrogen and oxygen atoms in total. The van der Waals surface area contributed by atoms with Gasteiger partial charge >= 0.3 is 0 Å². The molecule has 6 heteroatoms. The van der Waals surface area contributed by atoms with Crippen LogP contribution in [0.1, 0.15) is 37.1 Å². The highest BCUT2D eigenvalue weighted by Crippen LogP contribution is 2.34. The van der Waals surface area contributed by atoms with Crippen molar-refractivity contribution < 1.29 is 13.5 Å². The molecule has 1 aliphatic heterocycles. The van der Waals surface area contributed by atoms with E-state index in [4.69, 9.17) is 0 Å². The number of hydrogen-bond donors (Lipinski definition) is 1. The van der Waals surface area contributed by atoms with Gasteiger partial charge in [-0.15, -0.1) is 11.3 Å². The predicted octanol–water partition coefficient (Wildman–Crippen LogP) is 2.36. The second-order valence-electron chi connectivity index (χ2n) is 5.90. The van der Waals surface area contributed by atoms with Gasteiger partial charge in [-0.1, -0.05) is 13.8 Å². The SMILES string of the molecule is Cc1cc(S(=O)(=O)N2CCC(C)(C)CC2)sc1CO. The van der Waals surface area contributed by atoms with Crippen LogP contribution in [0.3, 0.4) is 0 Å². The molecule has 1 aromatic heterocycles. The van der Waals surface area contributed by atoms with E-state index >= 15 is 0 Å². The van der Waals surface area contributed by atoms with Gasteiger partial charge in [0.1, 0.15) is 4.21 Å². The van der Waals surface area contributed by atoms with E-state index in [0.717, 1.165) is 23.3 Å². The highest BCUT2D eigenvalue weighted by atomic mass is 32.2. The Morgan fingerprint density at radius 2 is 1.95 bits per heavy atom. The first kappa shape index (κ1) is 15.0. The van der Waals surface area contributed by atoms with E-state index < -0.39 is 10.0 Å². The first-order valence-corrected chi connectivity index (χ1v) is 8.72. The van der Waals surface area contributed by atoms with Gasteiger partial charge in [-0.05, 0) is 36.8 Å². The predicted molar refractivity (Wildman–Crippen MR) is 76.8 cm³/mol. The summed E-state index contributed by atoms with van der Waals surface area (Å²) in [6, 6.07) is 1.67. The molecular formula is C13H21NO3S2. The van der Waals surface area contributed by atoms with Gasteiger partial charge in [0.25, 0.3) is 10.0 Å². The fraction of sp³-hybridized carbons (Fsp3) is 0.692. The zero-order chi connectivity index (χ0) is 14.3. The van der Waals surface area contributed by atoms with E-state index in [-0.39, 0.29) is 12.0 Å². The minimum Gasteiger partial charge on any atom is -0.391 e. The molecule has 0 spiro atoms. The zero-order valence-electron chi connectivity index (χ0n) is 11.6. The van der Waals surface area contributed by atoms with Gasteiger partial charge in [0.05, 0.1) is 6.61 Å². The number of hydrogen-bond acceptors (Lipinski definition) is 4. The smallest absolute Gasteiger partial charge is 0.252 e. The minimum atomic E-state index is -3.38. The molecule has 0 atom stereocenters. The van der Waals surface area contributed by atoms with Crippen LogP contribution < -0.4 is 0 Å². The van der Waals surface area contributed by atoms with Gasteiger partial charge in [-0.3, -0.25) is 0 Å². The fourth-order valence-corrected chi connectivity index (χ4v) is 5.28. The maximum atomic E-state index is 12.5. The highest BCUT2D eigenvalue weighted by molar-refractivity contribution is 7.91. The summed E-state index contributed by atoms with van der Waals surface area (Å²) in [7, 11) is -3.38. The second kappa shape index (κ2) is 5.16. The van der Waals surface area contributed by atoms with E-state index in [1.165, 1.54) is 11.3 Å². The van der Waals surface area contributed by atoms with Gasteiger partial charge in [-0.2, -0.15) is 4.31 Å². The number of piperidine rings is 1. The second-order valence-corrected chi connectivity index (χ2v) is 9.20. The summed E-state index contributed by atoms with van der Waals surface area (Å²) >= 11 is 1.18. The monoisotopic (exact) mass is 303 g/mol. The number of aryl methyl sites for hydroxylation is 1. The molecule has 1 fully saturated rings. The van der Waals surface area contributed by atoms with Crippen LogP contribution in [0.25, 0.3) is 0 Å². The molecule has 0 amide bonds. The molecule has 2 rings (SSSR count). The first-order chi connectivity index (χ1) is 8.76. The molecule has 1 aliphatic rings. The summed E-state index contributed by atoms with van der Waals surface area (Å²) in [5, 5.41) is 9.18. The van der Waals surface area contributed by atoms with Gasteiger partial charge in [0.15, 0.2) is 0 Å². The lowest BCUT2D eigenvalue weighted by Crippen LogP contribution is -2.40. The summed E-state index contributed by atoms with van der Waals surface area (Å²) in [6.45, 7) is 7.26. The van der Waals surface area contributed by atoms with Crippen molar-refractivity contribution in [1.82, 2.24) is 4.31 Å². The zero-order valence-corrected chi connectivity index (χ0v) is 13.3. The van der Waals surface area contributed by atoms with Crippen LogP contribution in [0.15, 0.2) is 10.3 Å². The Bertz CT molecular complexity index is 550. The van der Waals surface area contributed by atoms with E-state index in [1.807, 2.05) is 6.92 Å². The third kappa shape index (κ3) is 3.02. The lowest BCUT2D eigenvalue weighted by Gasteiger charge is -2.35. The number of nitrogens with zero attached hydrogens (tertiary/aromatic N) is 1. The molecule has 1 aromatic rings. The van der Waals surface area contributed by atoms with E-state index in [1.54, 1.807) is 10.4 Å². The molecule has 0 aromatic carbocycles. The summed E-state index contributed by atoms with van der Waals surface area (Å²) < 4.78 is 27.0. The molecule has 1 N–H and O–H groups in total. The van der Waals surface area contributed by atoms with Crippen LogP contribution in [-0.4, -0.2) is 30.9 Å². The molecule has 0 aliphatic carbocycles. The third-order valence-corrected chi connectivity index (χ3v) is 7.38. The number of aliphatic hydroxyl groups is 1. The van der Waals surface area contributed by atoms with E-state index in [2.05, 4.69) is 13.8 Å². The van der Waals surface area contributed by atoms with Crippen LogP contribution in [-0.2, 0) is 16.6 Å². The summed E-state index contributed by atoms with van der Waals surface area (Å²) in [5.41, 5.74) is 1.08. The maximum absolute atomic E-state index is 12.5. The Morgan fingerprint density at radius 1 is 1.37 bits per heavy atom. The number of aliphatic hydroxyl groups excluding tert-OH is 1. The Kier molecular flexibility index (Phi) is 4.07. The maximum Gasteiger partial charge on any atom is 0.252 e. The minimum absolute atomic E-state index is 0.0982. The highest BCUT2D eigenvalue weighted by Gasteiger charge is 2.33. The molecule has 19 heavy (non-hydrogen) atoms. The molecular weight excluding hydrogens is 282 g/mol. The molecule has 0 saturated carbocycles. The molecule has 0 unspecified atom stereocenters. The molecule has 1 saturated heterocycles. The van der Waals surface area contributed by atoms with E-state index in [0.29, 0.717) is 17.3 Å². The van der Waals surface area contributed by atoms with Crippen molar-refractivity contribution in [3.8, 4) is 0 Å². The first-order valence-electron chi connectivity index (χ1n) is 6.46. The van der Waals surface area contributed by atoms with Crippen molar-refractivity contribution in [3.63, 3.8) is 0 Å². The fourth-order valence-electron chi connectivity index (χ4n) is 2.23. The average Bonchev–Trinajstić information content (AvgIpc) is 2.70. The van der Waals surface area contributed by atoms with Crippen LogP contribution in [0.5, 0.6) is 0 Å². The van der Waals surface area contributed by atoms with Gasteiger partial charge in [0, 0.05) is 18.0 Å². The van der Waals surface area contributed by atoms with Gasteiger partial charge in [0.2, 0.25) is 0 Å². The van der Waals surface area contributed by atoms with Crippen LogP contribution >= 0.6 is 11.3 Å². The van der Waals surface area contributed by atoms with Crippen molar-refractivity contribution in [1.29, 1.82) is 0 Å². The summed E-state index contributed by atoms with van der Waals surface area (Å²) in [4.78, 5) is 0.732. The van der Waals surface area contributed by atoms with Crippen molar-refractivity contribution in [2.45, 2.75) is 44.4 Å². The summed E-state index contributed by atoms with van der Waals surface area (Å²) in [5.74, 6) is 0. The van der Waals surface area contributed by atoms with Gasteiger partial charge < -0.3 is 5.11 Å². The quantitative estimate of drug-likeness (QED) is 0.932. The molecule has 2 heterocycles. The standard InChI is InChI=1S/C13H21NO3S2/c1-10-8-12(18-11(10)9-15)19(16,17)14-6-4-13(2,3)5-7-14/h8,15H,4-7,9H2,1-3H3. The van der Waals surface area contributed by atoms with Crippen molar-refractivity contribution in [2.75, 3.05) is 13.1 Å². The summed E-state index contributed by atoms with van der Waals surface area (Å²) in [6.07, 6.45) is 1.78. The molecule has 0 radical (unpaired) electrons. The normalized spacial score (nSPS) is 20.6. The lowest BCUT2D eigenvalue weighted by atomic mass is 9.83. The van der Waals surface area contributed by atoms with Crippen molar-refractivity contribution >= 4 is 21.4 Å². The van der Waals surface area contributed by atoms with Gasteiger partial charge in [-0.25, -0.2) is 8.42 Å². The van der Waals surface area contributed by atoms with E-state index in [9.17, 15) is 13.5 Å². The van der Waals surface area contributed by atoms with Crippen molar-refractivity contribution in [3.05, 3.63) is 16.5 Å². The average molecular weight is 303 g/mol. The molecule has 108 valence electrons. The van der Waals surface area contributed by atoms with Crippen molar-refractivity contribution in [2.24, 2.45) is 5.41 Å². The molecule has 0 bridgehead atoms. The third-order valence-electron chi connectivity index (χ3n) is 3.81. The number of rotatable bonds is 3. The number of sulfonamides is 1. The largest absolute Gasteiger partial charge is 0.391 e. The Balaban J connectivity index is 2.23. The van der Waals surface area contributed by atoms with Crippen LogP contribution in [0, 0.1) is 12.3 Å². The number of thiophene rings is 1. The Hall–Kier alpha value is -0.430. The van der Waals surface area contributed by atoms with Crippen LogP contribution in [0.2, 0.25) is 0 Å². The topological polar surface area (TPSA) is 57.6 Å².